The maximum atomic E-state index is 6.12. The summed E-state index contributed by atoms with van der Waals surface area (Å²) in [5, 5.41) is 11.0. The molecule has 0 spiro atoms. The molecular formula is C15H21ClIN5O. The van der Waals surface area contributed by atoms with Crippen LogP contribution in [-0.4, -0.2) is 29.7 Å². The molecule has 1 aromatic heterocycles. The lowest BCUT2D eigenvalue weighted by atomic mass is 10.2. The summed E-state index contributed by atoms with van der Waals surface area (Å²) >= 11 is 6.12. The summed E-state index contributed by atoms with van der Waals surface area (Å²) in [6, 6.07) is 7.74. The second kappa shape index (κ2) is 10.4. The van der Waals surface area contributed by atoms with Crippen molar-refractivity contribution in [3.05, 3.63) is 46.6 Å². The van der Waals surface area contributed by atoms with Crippen molar-refractivity contribution in [2.24, 2.45) is 4.99 Å². The van der Waals surface area contributed by atoms with Crippen LogP contribution in [0.3, 0.4) is 0 Å². The maximum absolute atomic E-state index is 6.12. The van der Waals surface area contributed by atoms with Gasteiger partial charge in [-0.2, -0.15) is 4.98 Å². The van der Waals surface area contributed by atoms with Gasteiger partial charge in [0.25, 0.3) is 0 Å². The molecule has 6 nitrogen and oxygen atoms in total. The van der Waals surface area contributed by atoms with E-state index in [9.17, 15) is 0 Å². The molecule has 0 unspecified atom stereocenters. The van der Waals surface area contributed by atoms with E-state index < -0.39 is 0 Å². The average molecular weight is 450 g/mol. The van der Waals surface area contributed by atoms with Crippen molar-refractivity contribution < 1.29 is 4.52 Å². The van der Waals surface area contributed by atoms with Crippen molar-refractivity contribution in [2.75, 3.05) is 13.6 Å². The van der Waals surface area contributed by atoms with Crippen LogP contribution in [0, 0.1) is 6.92 Å². The van der Waals surface area contributed by atoms with E-state index in [-0.39, 0.29) is 24.0 Å². The third-order valence-electron chi connectivity index (χ3n) is 3.06. The number of hydrogen-bond donors (Lipinski definition) is 2. The standard InChI is InChI=1S/C15H20ClN5O.HI/c1-11-20-14(22-21-11)8-5-9-18-15(17-2)19-10-12-6-3-4-7-13(12)16;/h3-4,6-7H,5,8-10H2,1-2H3,(H2,17,18,19);1H. The van der Waals surface area contributed by atoms with Crippen LogP contribution in [0.25, 0.3) is 0 Å². The summed E-state index contributed by atoms with van der Waals surface area (Å²) in [7, 11) is 1.74. The molecule has 0 aliphatic heterocycles. The van der Waals surface area contributed by atoms with Crippen LogP contribution in [0.5, 0.6) is 0 Å². The Balaban J connectivity index is 0.00000264. The minimum Gasteiger partial charge on any atom is -0.356 e. The molecule has 0 aliphatic carbocycles. The van der Waals surface area contributed by atoms with E-state index in [1.165, 1.54) is 0 Å². The third kappa shape index (κ3) is 6.74. The Hall–Kier alpha value is -1.35. The second-order valence-corrected chi connectivity index (χ2v) is 5.19. The molecule has 126 valence electrons. The summed E-state index contributed by atoms with van der Waals surface area (Å²) in [5.74, 6) is 2.07. The van der Waals surface area contributed by atoms with Crippen LogP contribution in [0.1, 0.15) is 23.7 Å². The van der Waals surface area contributed by atoms with E-state index in [2.05, 4.69) is 25.8 Å². The molecule has 0 saturated heterocycles. The molecule has 23 heavy (non-hydrogen) atoms. The van der Waals surface area contributed by atoms with E-state index in [0.717, 1.165) is 35.9 Å². The van der Waals surface area contributed by atoms with Gasteiger partial charge < -0.3 is 15.2 Å². The number of aryl methyl sites for hydroxylation is 2. The summed E-state index contributed by atoms with van der Waals surface area (Å²) in [6.45, 7) is 3.21. The number of halogens is 2. The number of benzene rings is 1. The zero-order valence-electron chi connectivity index (χ0n) is 13.2. The quantitative estimate of drug-likeness (QED) is 0.307. The molecule has 1 aromatic carbocycles. The molecule has 8 heteroatoms. The molecule has 0 saturated carbocycles. The van der Waals surface area contributed by atoms with Gasteiger partial charge in [-0.1, -0.05) is 35.0 Å². The average Bonchev–Trinajstić information content (AvgIpc) is 2.93. The molecule has 0 radical (unpaired) electrons. The van der Waals surface area contributed by atoms with Crippen molar-refractivity contribution in [1.82, 2.24) is 20.8 Å². The predicted molar refractivity (Wildman–Crippen MR) is 102 cm³/mol. The Morgan fingerprint density at radius 3 is 2.74 bits per heavy atom. The van der Waals surface area contributed by atoms with Crippen LogP contribution < -0.4 is 10.6 Å². The Labute approximate surface area is 158 Å². The summed E-state index contributed by atoms with van der Waals surface area (Å²) in [4.78, 5) is 8.35. The summed E-state index contributed by atoms with van der Waals surface area (Å²) in [5.41, 5.74) is 1.04. The van der Waals surface area contributed by atoms with Crippen LogP contribution in [0.2, 0.25) is 5.02 Å². The number of hydrogen-bond acceptors (Lipinski definition) is 4. The van der Waals surface area contributed by atoms with Crippen LogP contribution >= 0.6 is 35.6 Å². The maximum Gasteiger partial charge on any atom is 0.226 e. The first-order chi connectivity index (χ1) is 10.7. The van der Waals surface area contributed by atoms with Gasteiger partial charge in [-0.15, -0.1) is 24.0 Å². The molecule has 1 heterocycles. The van der Waals surface area contributed by atoms with Crippen molar-refractivity contribution in [3.8, 4) is 0 Å². The van der Waals surface area contributed by atoms with Gasteiger partial charge in [0, 0.05) is 31.6 Å². The van der Waals surface area contributed by atoms with E-state index in [1.54, 1.807) is 7.05 Å². The Bertz CT molecular complexity index is 632. The molecule has 0 amide bonds. The van der Waals surface area contributed by atoms with Crippen molar-refractivity contribution in [1.29, 1.82) is 0 Å². The van der Waals surface area contributed by atoms with Crippen LogP contribution in [0.15, 0.2) is 33.8 Å². The summed E-state index contributed by atoms with van der Waals surface area (Å²) in [6.07, 6.45) is 1.63. The number of aromatic nitrogens is 2. The normalized spacial score (nSPS) is 11.0. The van der Waals surface area contributed by atoms with Crippen molar-refractivity contribution >= 4 is 41.5 Å². The second-order valence-electron chi connectivity index (χ2n) is 4.78. The molecule has 0 fully saturated rings. The molecule has 2 N–H and O–H groups in total. The molecule has 0 aliphatic rings. The number of guanidine groups is 1. The van der Waals surface area contributed by atoms with Crippen LogP contribution in [-0.2, 0) is 13.0 Å². The van der Waals surface area contributed by atoms with Crippen molar-refractivity contribution in [2.45, 2.75) is 26.3 Å². The number of nitrogens with one attached hydrogen (secondary N) is 2. The molecule has 2 rings (SSSR count). The Morgan fingerprint density at radius 2 is 2.09 bits per heavy atom. The van der Waals surface area contributed by atoms with Gasteiger partial charge in [-0.05, 0) is 25.0 Å². The van der Waals surface area contributed by atoms with Gasteiger partial charge in [-0.3, -0.25) is 4.99 Å². The highest BCUT2D eigenvalue weighted by atomic mass is 127. The first kappa shape index (κ1) is 19.7. The van der Waals surface area contributed by atoms with E-state index in [4.69, 9.17) is 16.1 Å². The van der Waals surface area contributed by atoms with E-state index >= 15 is 0 Å². The molecule has 0 bridgehead atoms. The highest BCUT2D eigenvalue weighted by Crippen LogP contribution is 2.14. The smallest absolute Gasteiger partial charge is 0.226 e. The zero-order valence-corrected chi connectivity index (χ0v) is 16.3. The first-order valence-electron chi connectivity index (χ1n) is 7.16. The summed E-state index contributed by atoms with van der Waals surface area (Å²) < 4.78 is 5.07. The van der Waals surface area contributed by atoms with Gasteiger partial charge in [0.05, 0.1) is 0 Å². The monoisotopic (exact) mass is 449 g/mol. The molecule has 2 aromatic rings. The minimum atomic E-state index is 0. The van der Waals surface area contributed by atoms with Crippen LogP contribution in [0.4, 0.5) is 0 Å². The number of aliphatic imine (C=N–C) groups is 1. The fourth-order valence-corrected chi connectivity index (χ4v) is 2.13. The lowest BCUT2D eigenvalue weighted by Crippen LogP contribution is -2.37. The SMILES string of the molecule is CN=C(NCCCc1nc(C)no1)NCc1ccccc1Cl.I. The van der Waals surface area contributed by atoms with E-state index in [1.807, 2.05) is 31.2 Å². The topological polar surface area (TPSA) is 75.3 Å². The lowest BCUT2D eigenvalue weighted by molar-refractivity contribution is 0.372. The van der Waals surface area contributed by atoms with Gasteiger partial charge >= 0.3 is 0 Å². The fraction of sp³-hybridized carbons (Fsp3) is 0.400. The largest absolute Gasteiger partial charge is 0.356 e. The minimum absolute atomic E-state index is 0. The van der Waals surface area contributed by atoms with E-state index in [0.29, 0.717) is 18.3 Å². The highest BCUT2D eigenvalue weighted by molar-refractivity contribution is 14.0. The highest BCUT2D eigenvalue weighted by Gasteiger charge is 2.04. The number of rotatable bonds is 6. The lowest BCUT2D eigenvalue weighted by Gasteiger charge is -2.12. The van der Waals surface area contributed by atoms with Gasteiger partial charge in [-0.25, -0.2) is 0 Å². The fourth-order valence-electron chi connectivity index (χ4n) is 1.93. The van der Waals surface area contributed by atoms with Crippen molar-refractivity contribution in [3.63, 3.8) is 0 Å². The third-order valence-corrected chi connectivity index (χ3v) is 3.43. The van der Waals surface area contributed by atoms with Gasteiger partial charge in [0.15, 0.2) is 11.8 Å². The van der Waals surface area contributed by atoms with Gasteiger partial charge in [0.2, 0.25) is 5.89 Å². The predicted octanol–water partition coefficient (Wildman–Crippen LogP) is 2.95. The number of nitrogens with zero attached hydrogens (tertiary/aromatic N) is 3. The molecule has 0 atom stereocenters. The first-order valence-corrected chi connectivity index (χ1v) is 7.54. The van der Waals surface area contributed by atoms with Gasteiger partial charge in [0.1, 0.15) is 0 Å². The Kier molecular flexibility index (Phi) is 8.93. The molecular weight excluding hydrogens is 429 g/mol. The zero-order chi connectivity index (χ0) is 15.8. The Morgan fingerprint density at radius 1 is 1.30 bits per heavy atom.